The number of aliphatic hydroxyl groups is 1. The van der Waals surface area contributed by atoms with E-state index in [1.165, 1.54) is 62.8 Å². The van der Waals surface area contributed by atoms with Gasteiger partial charge in [-0.3, -0.25) is 9.09 Å². The van der Waals surface area contributed by atoms with Gasteiger partial charge in [-0.2, -0.15) is 13.8 Å². The fraction of sp³-hybridized carbons (Fsp3) is 0.333. The fourth-order valence-corrected chi connectivity index (χ4v) is 5.04. The molecule has 3 atom stereocenters. The number of benzene rings is 2. The Morgan fingerprint density at radius 1 is 1.00 bits per heavy atom. The number of halogens is 4. The lowest BCUT2D eigenvalue weighted by molar-refractivity contribution is -0.242. The number of phosphoric acid groups is 1. The smallest absolute Gasteiger partial charge is 0.497 e. The number of ether oxygens (including phenoxy) is 3. The number of nitrogen functional groups attached to an aromatic ring is 1. The van der Waals surface area contributed by atoms with Crippen LogP contribution in [0, 0.1) is 0 Å². The Balaban J connectivity index is 1.68. The maximum absolute atomic E-state index is 15.4. The van der Waals surface area contributed by atoms with E-state index in [0.29, 0.717) is 16.1 Å². The summed E-state index contributed by atoms with van der Waals surface area (Å²) in [5.74, 6) is -4.60. The average Bonchev–Trinajstić information content (AvgIpc) is 3.14. The predicted octanol–water partition coefficient (Wildman–Crippen LogP) is 3.65. The predicted molar refractivity (Wildman–Crippen MR) is 134 cm³/mol. The van der Waals surface area contributed by atoms with Crippen molar-refractivity contribution in [1.82, 2.24) is 9.55 Å². The lowest BCUT2D eigenvalue weighted by atomic mass is 9.95. The molecule has 4 rings (SSSR count). The molecule has 17 heteroatoms. The van der Waals surface area contributed by atoms with Crippen LogP contribution in [0.2, 0.25) is 0 Å². The molecule has 2 aromatic carbocycles. The second kappa shape index (κ2) is 11.6. The zero-order chi connectivity index (χ0) is 30.0. The first kappa shape index (κ1) is 30.1. The maximum Gasteiger partial charge on any atom is 0.587 e. The fourth-order valence-electron chi connectivity index (χ4n) is 3.78. The first-order valence-electron chi connectivity index (χ1n) is 11.6. The summed E-state index contributed by atoms with van der Waals surface area (Å²) in [5, 5.41) is 10.3. The van der Waals surface area contributed by atoms with Crippen molar-refractivity contribution in [3.05, 3.63) is 71.3 Å². The molecule has 2 heterocycles. The highest BCUT2D eigenvalue weighted by atomic mass is 31.2. The van der Waals surface area contributed by atoms with E-state index in [9.17, 15) is 23.2 Å². The number of alkyl halides is 4. The molecular formula is C24H24F4N3O9P. The van der Waals surface area contributed by atoms with Crippen LogP contribution in [0.4, 0.5) is 23.4 Å². The molecule has 12 nitrogen and oxygen atoms in total. The number of aliphatic hydroxyl groups excluding tert-OH is 1. The molecule has 1 aliphatic rings. The third-order valence-electron chi connectivity index (χ3n) is 6.01. The van der Waals surface area contributed by atoms with E-state index in [1.54, 1.807) is 0 Å². The molecule has 3 aromatic rings. The number of nitrogens with zero attached hydrogens (tertiary/aromatic N) is 2. The molecular weight excluding hydrogens is 581 g/mol. The number of nitrogens with two attached hydrogens (primary N) is 1. The molecule has 0 saturated carbocycles. The van der Waals surface area contributed by atoms with Gasteiger partial charge < -0.3 is 34.1 Å². The SMILES string of the molecule is COc1ccc(OP(=O)(OC[C@@]2(C(F)F)O[C@@H](n3ccc(N)nc3=O)[C@H](O)C2(F)F)Oc2ccc(OC)cc2)cc1. The van der Waals surface area contributed by atoms with Gasteiger partial charge in [0.25, 0.3) is 6.43 Å². The van der Waals surface area contributed by atoms with Crippen LogP contribution in [-0.2, 0) is 13.8 Å². The van der Waals surface area contributed by atoms with Crippen LogP contribution in [0.25, 0.3) is 0 Å². The van der Waals surface area contributed by atoms with Crippen molar-refractivity contribution in [1.29, 1.82) is 0 Å². The summed E-state index contributed by atoms with van der Waals surface area (Å²) < 4.78 is 104. The maximum atomic E-state index is 15.4. The molecule has 0 aliphatic carbocycles. The van der Waals surface area contributed by atoms with E-state index in [0.717, 1.165) is 12.3 Å². The first-order valence-corrected chi connectivity index (χ1v) is 13.1. The Kier molecular flexibility index (Phi) is 8.49. The summed E-state index contributed by atoms with van der Waals surface area (Å²) in [5.41, 5.74) is 0.208. The topological polar surface area (TPSA) is 154 Å². The van der Waals surface area contributed by atoms with Gasteiger partial charge in [0, 0.05) is 6.20 Å². The molecule has 1 aliphatic heterocycles. The molecule has 41 heavy (non-hydrogen) atoms. The lowest BCUT2D eigenvalue weighted by Crippen LogP contribution is -2.57. The van der Waals surface area contributed by atoms with E-state index in [1.807, 2.05) is 0 Å². The summed E-state index contributed by atoms with van der Waals surface area (Å²) in [4.78, 5) is 15.5. The number of aromatic nitrogens is 2. The van der Waals surface area contributed by atoms with Crippen molar-refractivity contribution in [2.45, 2.75) is 30.3 Å². The number of anilines is 1. The van der Waals surface area contributed by atoms with Crippen LogP contribution in [-0.4, -0.2) is 59.5 Å². The van der Waals surface area contributed by atoms with Crippen molar-refractivity contribution in [2.24, 2.45) is 0 Å². The first-order chi connectivity index (χ1) is 19.3. The van der Waals surface area contributed by atoms with E-state index < -0.39 is 50.4 Å². The second-order valence-electron chi connectivity index (χ2n) is 8.56. The van der Waals surface area contributed by atoms with E-state index in [4.69, 9.17) is 33.5 Å². The number of hydrogen-bond donors (Lipinski definition) is 2. The number of methoxy groups -OCH3 is 2. The monoisotopic (exact) mass is 605 g/mol. The Labute approximate surface area is 229 Å². The third kappa shape index (κ3) is 5.95. The van der Waals surface area contributed by atoms with Crippen LogP contribution in [0.5, 0.6) is 23.0 Å². The van der Waals surface area contributed by atoms with Crippen molar-refractivity contribution >= 4 is 13.6 Å². The van der Waals surface area contributed by atoms with E-state index >= 15 is 8.78 Å². The van der Waals surface area contributed by atoms with Crippen LogP contribution < -0.4 is 29.9 Å². The van der Waals surface area contributed by atoms with Gasteiger partial charge in [0.05, 0.1) is 14.2 Å². The molecule has 0 spiro atoms. The molecule has 0 amide bonds. The molecule has 0 radical (unpaired) electrons. The minimum absolute atomic E-state index is 0.162. The van der Waals surface area contributed by atoms with Crippen LogP contribution in [0.1, 0.15) is 6.23 Å². The van der Waals surface area contributed by atoms with Gasteiger partial charge in [0.2, 0.25) is 5.60 Å². The quantitative estimate of drug-likeness (QED) is 0.243. The minimum atomic E-state index is -5.04. The van der Waals surface area contributed by atoms with E-state index in [2.05, 4.69) is 4.98 Å². The summed E-state index contributed by atoms with van der Waals surface area (Å²) in [6.45, 7) is -1.81. The largest absolute Gasteiger partial charge is 0.587 e. The van der Waals surface area contributed by atoms with Crippen molar-refractivity contribution in [3.63, 3.8) is 0 Å². The highest BCUT2D eigenvalue weighted by Gasteiger charge is 2.74. The normalized spacial score (nSPS) is 22.0. The van der Waals surface area contributed by atoms with Crippen molar-refractivity contribution in [3.8, 4) is 23.0 Å². The van der Waals surface area contributed by atoms with Crippen LogP contribution >= 0.6 is 7.82 Å². The average molecular weight is 605 g/mol. The van der Waals surface area contributed by atoms with Crippen LogP contribution in [0.15, 0.2) is 65.6 Å². The molecule has 1 aromatic heterocycles. The van der Waals surface area contributed by atoms with Crippen LogP contribution in [0.3, 0.4) is 0 Å². The minimum Gasteiger partial charge on any atom is -0.497 e. The Morgan fingerprint density at radius 2 is 1.49 bits per heavy atom. The molecule has 1 fully saturated rings. The van der Waals surface area contributed by atoms with E-state index in [-0.39, 0.29) is 17.3 Å². The number of phosphoric ester groups is 1. The van der Waals surface area contributed by atoms with Gasteiger partial charge in [-0.25, -0.2) is 18.1 Å². The highest BCUT2D eigenvalue weighted by Crippen LogP contribution is 2.56. The Bertz CT molecular complexity index is 1410. The van der Waals surface area contributed by atoms with Gasteiger partial charge in [-0.15, -0.1) is 0 Å². The van der Waals surface area contributed by atoms with Gasteiger partial charge in [0.1, 0.15) is 35.4 Å². The Hall–Kier alpha value is -3.85. The molecule has 0 bridgehead atoms. The third-order valence-corrected chi connectivity index (χ3v) is 7.32. The van der Waals surface area contributed by atoms with Crippen molar-refractivity contribution in [2.75, 3.05) is 26.6 Å². The van der Waals surface area contributed by atoms with Gasteiger partial charge in [0.15, 0.2) is 12.3 Å². The number of rotatable bonds is 11. The molecule has 1 saturated heterocycles. The standard InChI is InChI=1S/C24H24F4N3O9P/c1-35-14-3-7-16(8-4-14)39-41(34,40-17-9-5-15(36-2)6-10-17)37-13-23(21(25)26)24(27,28)19(32)20(38-23)31-12-11-18(29)30-22(31)33/h3-12,19-21,32H,13H2,1-2H3,(H2,29,30,33)/t19-,20+,23-/m0/s1. The van der Waals surface area contributed by atoms with Gasteiger partial charge in [-0.05, 0) is 54.6 Å². The van der Waals surface area contributed by atoms with Gasteiger partial charge >= 0.3 is 19.4 Å². The molecule has 3 N–H and O–H groups in total. The summed E-state index contributed by atoms with van der Waals surface area (Å²) in [6, 6.07) is 11.7. The second-order valence-corrected chi connectivity index (χ2v) is 10.1. The molecule has 222 valence electrons. The van der Waals surface area contributed by atoms with Crippen molar-refractivity contribution < 1.29 is 55.0 Å². The zero-order valence-electron chi connectivity index (χ0n) is 21.4. The zero-order valence-corrected chi connectivity index (χ0v) is 22.3. The highest BCUT2D eigenvalue weighted by molar-refractivity contribution is 7.49. The summed E-state index contributed by atoms with van der Waals surface area (Å²) >= 11 is 0. The van der Waals surface area contributed by atoms with Gasteiger partial charge in [-0.1, -0.05) is 0 Å². The number of hydrogen-bond acceptors (Lipinski definition) is 11. The molecule has 0 unspecified atom stereocenters. The summed E-state index contributed by atoms with van der Waals surface area (Å²) in [6.07, 6.45) is -8.52. The lowest BCUT2D eigenvalue weighted by Gasteiger charge is -2.33. The Morgan fingerprint density at radius 3 is 1.93 bits per heavy atom. The summed E-state index contributed by atoms with van der Waals surface area (Å²) in [7, 11) is -2.26.